The van der Waals surface area contributed by atoms with Gasteiger partial charge in [0.15, 0.2) is 0 Å². The highest BCUT2D eigenvalue weighted by molar-refractivity contribution is 6.32. The molecule has 0 radical (unpaired) electrons. The van der Waals surface area contributed by atoms with Gasteiger partial charge in [0.1, 0.15) is 5.38 Å². The molecule has 94 valence electrons. The number of hydrogen-bond acceptors (Lipinski definition) is 1. The molecule has 0 aromatic heterocycles. The molecule has 17 heavy (non-hydrogen) atoms. The van der Waals surface area contributed by atoms with Crippen molar-refractivity contribution in [1.29, 1.82) is 0 Å². The smallest absolute Gasteiger partial charge is 0.314 e. The molecule has 0 aliphatic heterocycles. The van der Waals surface area contributed by atoms with E-state index in [1.807, 2.05) is 0 Å². The van der Waals surface area contributed by atoms with Crippen LogP contribution in [0.3, 0.4) is 0 Å². The van der Waals surface area contributed by atoms with E-state index in [0.717, 1.165) is 4.90 Å². The highest BCUT2D eigenvalue weighted by Crippen LogP contribution is 2.26. The number of carbonyl (C=O) groups excluding carboxylic acids is 1. The van der Waals surface area contributed by atoms with Crippen molar-refractivity contribution in [3.63, 3.8) is 0 Å². The Kier molecular flexibility index (Phi) is 4.40. The molecule has 0 bridgehead atoms. The molecule has 1 aromatic carbocycles. The first-order valence-electron chi connectivity index (χ1n) is 4.84. The van der Waals surface area contributed by atoms with E-state index in [1.165, 1.54) is 7.05 Å². The number of hydrogen-bond donors (Lipinski definition) is 0. The van der Waals surface area contributed by atoms with Crippen LogP contribution in [0.1, 0.15) is 6.42 Å². The van der Waals surface area contributed by atoms with Gasteiger partial charge >= 0.3 is 6.18 Å². The number of amides is 1. The van der Waals surface area contributed by atoms with Crippen molar-refractivity contribution in [2.24, 2.45) is 0 Å². The number of para-hydroxylation sites is 1. The Morgan fingerprint density at radius 3 is 2.35 bits per heavy atom. The third-order valence-corrected chi connectivity index (χ3v) is 2.49. The van der Waals surface area contributed by atoms with Crippen molar-refractivity contribution in [2.75, 3.05) is 11.9 Å². The summed E-state index contributed by atoms with van der Waals surface area (Å²) in [6, 6.07) is 8.36. The van der Waals surface area contributed by atoms with E-state index in [4.69, 9.17) is 11.6 Å². The topological polar surface area (TPSA) is 20.3 Å². The first kappa shape index (κ1) is 13.8. The van der Waals surface area contributed by atoms with Crippen molar-refractivity contribution >= 4 is 23.2 Å². The Bertz CT molecular complexity index is 380. The zero-order chi connectivity index (χ0) is 13.1. The molecule has 0 aliphatic carbocycles. The normalized spacial score (nSPS) is 13.2. The van der Waals surface area contributed by atoms with Crippen molar-refractivity contribution in [3.05, 3.63) is 30.3 Å². The number of benzene rings is 1. The van der Waals surface area contributed by atoms with Gasteiger partial charge in [0.05, 0.1) is 6.42 Å². The van der Waals surface area contributed by atoms with Gasteiger partial charge in [0.25, 0.3) is 0 Å². The van der Waals surface area contributed by atoms with Gasteiger partial charge in [-0.2, -0.15) is 13.2 Å². The summed E-state index contributed by atoms with van der Waals surface area (Å²) in [7, 11) is 1.39. The third-order valence-electron chi connectivity index (χ3n) is 2.15. The molecule has 2 nitrogen and oxygen atoms in total. The second kappa shape index (κ2) is 5.40. The molecule has 6 heteroatoms. The Morgan fingerprint density at radius 2 is 1.88 bits per heavy atom. The zero-order valence-electron chi connectivity index (χ0n) is 9.04. The van der Waals surface area contributed by atoms with Crippen LogP contribution in [0.2, 0.25) is 0 Å². The van der Waals surface area contributed by atoms with Crippen LogP contribution in [0.25, 0.3) is 0 Å². The molecule has 0 N–H and O–H groups in total. The molecule has 0 saturated heterocycles. The van der Waals surface area contributed by atoms with Crippen molar-refractivity contribution in [2.45, 2.75) is 18.0 Å². The molecule has 0 aliphatic rings. The molecule has 0 fully saturated rings. The molecular formula is C11H11ClF3NO. The second-order valence-corrected chi connectivity index (χ2v) is 4.05. The fourth-order valence-corrected chi connectivity index (χ4v) is 1.60. The number of alkyl halides is 4. The van der Waals surface area contributed by atoms with E-state index in [2.05, 4.69) is 0 Å². The predicted molar refractivity (Wildman–Crippen MR) is 60.2 cm³/mol. The van der Waals surface area contributed by atoms with E-state index in [9.17, 15) is 18.0 Å². The van der Waals surface area contributed by atoms with Crippen LogP contribution >= 0.6 is 11.6 Å². The highest BCUT2D eigenvalue weighted by Gasteiger charge is 2.35. The Hall–Kier alpha value is -1.23. The summed E-state index contributed by atoms with van der Waals surface area (Å²) < 4.78 is 36.2. The van der Waals surface area contributed by atoms with E-state index < -0.39 is 23.9 Å². The lowest BCUT2D eigenvalue weighted by Crippen LogP contribution is -2.36. The summed E-state index contributed by atoms with van der Waals surface area (Å²) in [6.07, 6.45) is -5.77. The van der Waals surface area contributed by atoms with Crippen LogP contribution in [0.4, 0.5) is 18.9 Å². The maximum absolute atomic E-state index is 12.1. The van der Waals surface area contributed by atoms with Crippen LogP contribution in [0.5, 0.6) is 0 Å². The Labute approximate surface area is 102 Å². The molecule has 1 aromatic rings. The zero-order valence-corrected chi connectivity index (χ0v) is 9.79. The predicted octanol–water partition coefficient (Wildman–Crippen LogP) is 3.21. The van der Waals surface area contributed by atoms with E-state index in [1.54, 1.807) is 30.3 Å². The molecule has 0 spiro atoms. The summed E-state index contributed by atoms with van der Waals surface area (Å²) in [6.45, 7) is 0. The van der Waals surface area contributed by atoms with E-state index >= 15 is 0 Å². The number of rotatable bonds is 3. The second-order valence-electron chi connectivity index (χ2n) is 3.52. The van der Waals surface area contributed by atoms with Gasteiger partial charge in [0, 0.05) is 12.7 Å². The fourth-order valence-electron chi connectivity index (χ4n) is 1.28. The molecule has 1 unspecified atom stereocenters. The Balaban J connectivity index is 2.71. The molecule has 1 atom stereocenters. The number of halogens is 4. The third kappa shape index (κ3) is 4.26. The first-order chi connectivity index (χ1) is 7.81. The van der Waals surface area contributed by atoms with E-state index in [-0.39, 0.29) is 0 Å². The van der Waals surface area contributed by atoms with Crippen LogP contribution in [-0.4, -0.2) is 24.5 Å². The largest absolute Gasteiger partial charge is 0.391 e. The van der Waals surface area contributed by atoms with Gasteiger partial charge < -0.3 is 4.90 Å². The van der Waals surface area contributed by atoms with Gasteiger partial charge in [-0.15, -0.1) is 11.6 Å². The molecule has 1 amide bonds. The van der Waals surface area contributed by atoms with Gasteiger partial charge in [0.2, 0.25) is 5.91 Å². The van der Waals surface area contributed by atoms with Gasteiger partial charge in [-0.1, -0.05) is 18.2 Å². The molecule has 0 saturated carbocycles. The Morgan fingerprint density at radius 1 is 1.35 bits per heavy atom. The number of anilines is 1. The SMILES string of the molecule is CN(C(=O)C(Cl)CC(F)(F)F)c1ccccc1. The molecule has 0 heterocycles. The summed E-state index contributed by atoms with van der Waals surface area (Å²) in [5, 5.41) is -1.60. The van der Waals surface area contributed by atoms with Gasteiger partial charge in [-0.3, -0.25) is 4.79 Å². The van der Waals surface area contributed by atoms with Crippen molar-refractivity contribution in [1.82, 2.24) is 0 Å². The van der Waals surface area contributed by atoms with Crippen LogP contribution in [0, 0.1) is 0 Å². The molecule has 1 rings (SSSR count). The lowest BCUT2D eigenvalue weighted by Gasteiger charge is -2.20. The molecular weight excluding hydrogens is 255 g/mol. The van der Waals surface area contributed by atoms with Crippen molar-refractivity contribution in [3.8, 4) is 0 Å². The van der Waals surface area contributed by atoms with Crippen LogP contribution in [0.15, 0.2) is 30.3 Å². The maximum Gasteiger partial charge on any atom is 0.391 e. The highest BCUT2D eigenvalue weighted by atomic mass is 35.5. The first-order valence-corrected chi connectivity index (χ1v) is 5.28. The number of carbonyl (C=O) groups is 1. The standard InChI is InChI=1S/C11H11ClF3NO/c1-16(8-5-3-2-4-6-8)10(17)9(12)7-11(13,14)15/h2-6,9H,7H2,1H3. The van der Waals surface area contributed by atoms with Gasteiger partial charge in [-0.05, 0) is 12.1 Å². The minimum atomic E-state index is -4.44. The maximum atomic E-state index is 12.1. The van der Waals surface area contributed by atoms with Gasteiger partial charge in [-0.25, -0.2) is 0 Å². The average molecular weight is 266 g/mol. The quantitative estimate of drug-likeness (QED) is 0.769. The lowest BCUT2D eigenvalue weighted by molar-refractivity contribution is -0.142. The van der Waals surface area contributed by atoms with Crippen LogP contribution in [-0.2, 0) is 4.79 Å². The van der Waals surface area contributed by atoms with Crippen molar-refractivity contribution < 1.29 is 18.0 Å². The van der Waals surface area contributed by atoms with Crippen LogP contribution < -0.4 is 4.90 Å². The lowest BCUT2D eigenvalue weighted by atomic mass is 10.2. The monoisotopic (exact) mass is 265 g/mol. The summed E-state index contributed by atoms with van der Waals surface area (Å²) in [4.78, 5) is 12.7. The number of nitrogens with zero attached hydrogens (tertiary/aromatic N) is 1. The van der Waals surface area contributed by atoms with E-state index in [0.29, 0.717) is 5.69 Å². The minimum Gasteiger partial charge on any atom is -0.314 e. The minimum absolute atomic E-state index is 0.505. The fraction of sp³-hybridized carbons (Fsp3) is 0.364. The summed E-state index contributed by atoms with van der Waals surface area (Å²) in [5.41, 5.74) is 0.505. The summed E-state index contributed by atoms with van der Waals surface area (Å²) >= 11 is 5.45. The average Bonchev–Trinajstić information content (AvgIpc) is 2.26. The summed E-state index contributed by atoms with van der Waals surface area (Å²) in [5.74, 6) is -0.768.